The fourth-order valence-electron chi connectivity index (χ4n) is 11.0. The number of rotatable bonds is 12. The summed E-state index contributed by atoms with van der Waals surface area (Å²) in [5.74, 6) is 1.14. The maximum Gasteiger partial charge on any atom is 0.647 e. The zero-order valence-electron chi connectivity index (χ0n) is 43.2. The Kier molecular flexibility index (Phi) is 13.5. The lowest BCUT2D eigenvalue weighted by Gasteiger charge is -2.27. The lowest BCUT2D eigenvalue weighted by Crippen LogP contribution is -2.11. The molecule has 0 amide bonds. The summed E-state index contributed by atoms with van der Waals surface area (Å²) < 4.78 is 38.8. The second-order valence-electron chi connectivity index (χ2n) is 19.4. The van der Waals surface area contributed by atoms with Gasteiger partial charge in [0.1, 0.15) is 17.2 Å². The number of aryl methyl sites for hydroxylation is 12. The van der Waals surface area contributed by atoms with Gasteiger partial charge >= 0.3 is 7.82 Å². The Balaban J connectivity index is 1.37. The normalized spacial score (nSPS) is 11.4. The van der Waals surface area contributed by atoms with E-state index < -0.39 is 7.82 Å². The first-order valence-corrected chi connectivity index (χ1v) is 26.0. The summed E-state index contributed by atoms with van der Waals surface area (Å²) in [5, 5.41) is 0. The van der Waals surface area contributed by atoms with Crippen molar-refractivity contribution >= 4 is 7.82 Å². The zero-order chi connectivity index (χ0) is 50.3. The molecule has 9 aromatic carbocycles. The third-order valence-corrected chi connectivity index (χ3v) is 15.4. The number of hydrogen-bond acceptors (Lipinski definition) is 4. The van der Waals surface area contributed by atoms with Crippen molar-refractivity contribution in [2.24, 2.45) is 0 Å². The predicted molar refractivity (Wildman–Crippen MR) is 298 cm³/mol. The first-order valence-electron chi connectivity index (χ1n) is 24.5. The van der Waals surface area contributed by atoms with Gasteiger partial charge in [0.25, 0.3) is 0 Å². The third kappa shape index (κ3) is 9.26. The van der Waals surface area contributed by atoms with Crippen LogP contribution in [0.25, 0.3) is 66.8 Å². The molecule has 0 spiro atoms. The number of phosphoric ester groups is 1. The van der Waals surface area contributed by atoms with Crippen LogP contribution in [0.3, 0.4) is 0 Å². The highest BCUT2D eigenvalue weighted by Gasteiger charge is 2.38. The van der Waals surface area contributed by atoms with Gasteiger partial charge in [-0.3, -0.25) is 0 Å². The Bertz CT molecular complexity index is 3090. The van der Waals surface area contributed by atoms with Crippen LogP contribution < -0.4 is 13.6 Å². The average Bonchev–Trinajstić information content (AvgIpc) is 3.30. The Morgan fingerprint density at radius 1 is 0.225 bits per heavy atom. The molecule has 0 aliphatic heterocycles. The number of benzene rings is 9. The summed E-state index contributed by atoms with van der Waals surface area (Å²) in [7, 11) is -4.82. The molecule has 356 valence electrons. The van der Waals surface area contributed by atoms with Crippen LogP contribution in [0, 0.1) is 83.1 Å². The van der Waals surface area contributed by atoms with Crippen molar-refractivity contribution in [2.45, 2.75) is 83.1 Å². The van der Waals surface area contributed by atoms with E-state index in [4.69, 9.17) is 13.6 Å². The Morgan fingerprint density at radius 2 is 0.394 bits per heavy atom. The molecule has 0 heterocycles. The van der Waals surface area contributed by atoms with Gasteiger partial charge in [-0.05, 0) is 218 Å². The van der Waals surface area contributed by atoms with Crippen LogP contribution in [-0.4, -0.2) is 0 Å². The fraction of sp³-hybridized carbons (Fsp3) is 0.182. The molecule has 5 heteroatoms. The van der Waals surface area contributed by atoms with Crippen molar-refractivity contribution in [1.29, 1.82) is 0 Å². The van der Waals surface area contributed by atoms with Gasteiger partial charge in [-0.1, -0.05) is 146 Å². The van der Waals surface area contributed by atoms with Crippen molar-refractivity contribution in [2.75, 3.05) is 0 Å². The monoisotopic (exact) mass is 950 g/mol. The lowest BCUT2D eigenvalue weighted by molar-refractivity contribution is 0.299. The van der Waals surface area contributed by atoms with Crippen molar-refractivity contribution in [3.8, 4) is 84.0 Å². The Morgan fingerprint density at radius 3 is 0.592 bits per heavy atom. The SMILES string of the molecule is Cc1cccc(C)c1-c1cccc(OP(=O)(Oc2cccc(-c3c(C)cccc3C)c2-c2c(C)cccc2C)Oc2cccc(-c3c(C)cccc3C)c2-c2c(C)cccc2C)c1-c1c(C)cccc1C. The molecule has 0 N–H and O–H groups in total. The highest BCUT2D eigenvalue weighted by Crippen LogP contribution is 2.58. The number of hydrogen-bond donors (Lipinski definition) is 0. The van der Waals surface area contributed by atoms with E-state index in [1.54, 1.807) is 0 Å². The Labute approximate surface area is 421 Å². The molecule has 9 aromatic rings. The molecule has 0 aliphatic carbocycles. The molecule has 71 heavy (non-hydrogen) atoms. The first kappa shape index (κ1) is 48.6. The standard InChI is InChI=1S/C66H63O4P/c1-40-22-13-23-41(2)58(40)52-34-19-37-55(64(52)61-46(7)28-16-29-47(61)8)68-71(67,69-56-38-20-35-53(59-42(3)24-14-25-43(59)4)65(56)62-48(9)30-17-31-49(62)10)70-57-39-21-36-54(60-44(5)26-15-27-45(60)6)66(57)63-50(11)32-18-33-51(63)12/h13-39H,1-12H3. The van der Waals surface area contributed by atoms with Crippen LogP contribution in [0.5, 0.6) is 17.2 Å². The Hall–Kier alpha value is -7.39. The van der Waals surface area contributed by atoms with Crippen molar-refractivity contribution in [1.82, 2.24) is 0 Å². The minimum absolute atomic E-state index is 0.380. The average molecular weight is 951 g/mol. The van der Waals surface area contributed by atoms with Gasteiger partial charge in [-0.25, -0.2) is 0 Å². The molecule has 4 nitrogen and oxygen atoms in total. The molecule has 0 aliphatic rings. The smallest absolute Gasteiger partial charge is 0.385 e. The van der Waals surface area contributed by atoms with Crippen LogP contribution in [0.1, 0.15) is 66.8 Å². The topological polar surface area (TPSA) is 44.8 Å². The lowest BCUT2D eigenvalue weighted by atomic mass is 9.86. The number of phosphoric acid groups is 1. The maximum atomic E-state index is 17.1. The largest absolute Gasteiger partial charge is 0.647 e. The van der Waals surface area contributed by atoms with Gasteiger partial charge < -0.3 is 13.6 Å². The zero-order valence-corrected chi connectivity index (χ0v) is 44.1. The van der Waals surface area contributed by atoms with Crippen molar-refractivity contribution < 1.29 is 18.1 Å². The second-order valence-corrected chi connectivity index (χ2v) is 20.8. The van der Waals surface area contributed by atoms with E-state index in [9.17, 15) is 0 Å². The van der Waals surface area contributed by atoms with E-state index >= 15 is 4.57 Å². The maximum absolute atomic E-state index is 17.1. The molecule has 0 aromatic heterocycles. The fourth-order valence-corrected chi connectivity index (χ4v) is 12.3. The van der Waals surface area contributed by atoms with Gasteiger partial charge in [0.15, 0.2) is 0 Å². The van der Waals surface area contributed by atoms with E-state index in [-0.39, 0.29) is 0 Å². The highest BCUT2D eigenvalue weighted by atomic mass is 31.2. The van der Waals surface area contributed by atoms with Crippen LogP contribution in [0.4, 0.5) is 0 Å². The molecule has 0 radical (unpaired) electrons. The molecule has 9 rings (SSSR count). The van der Waals surface area contributed by atoms with E-state index in [0.29, 0.717) is 17.2 Å². The van der Waals surface area contributed by atoms with Crippen molar-refractivity contribution in [3.05, 3.63) is 231 Å². The molecular weight excluding hydrogens is 888 g/mol. The minimum Gasteiger partial charge on any atom is -0.385 e. The molecule has 0 fully saturated rings. The summed E-state index contributed by atoms with van der Waals surface area (Å²) in [4.78, 5) is 0. The summed E-state index contributed by atoms with van der Waals surface area (Å²) in [6, 6.07) is 56.0. The van der Waals surface area contributed by atoms with Gasteiger partial charge in [-0.15, -0.1) is 0 Å². The highest BCUT2D eigenvalue weighted by molar-refractivity contribution is 7.49. The molecule has 0 atom stereocenters. The van der Waals surface area contributed by atoms with Crippen LogP contribution in [0.15, 0.2) is 164 Å². The van der Waals surface area contributed by atoms with Gasteiger partial charge in [0, 0.05) is 16.7 Å². The quantitative estimate of drug-likeness (QED) is 0.114. The van der Waals surface area contributed by atoms with Crippen LogP contribution in [0.2, 0.25) is 0 Å². The minimum atomic E-state index is -4.82. The summed E-state index contributed by atoms with van der Waals surface area (Å²) >= 11 is 0. The van der Waals surface area contributed by atoms with Gasteiger partial charge in [0.05, 0.1) is 0 Å². The summed E-state index contributed by atoms with van der Waals surface area (Å²) in [6.45, 7) is 25.5. The van der Waals surface area contributed by atoms with Crippen LogP contribution >= 0.6 is 7.82 Å². The molecule has 0 saturated carbocycles. The van der Waals surface area contributed by atoms with Gasteiger partial charge in [-0.2, -0.15) is 4.57 Å². The van der Waals surface area contributed by atoms with E-state index in [2.05, 4.69) is 210 Å². The van der Waals surface area contributed by atoms with E-state index in [0.717, 1.165) is 134 Å². The summed E-state index contributed by atoms with van der Waals surface area (Å²) in [6.07, 6.45) is 0. The molecule has 0 bridgehead atoms. The first-order chi connectivity index (χ1) is 34.1. The van der Waals surface area contributed by atoms with E-state index in [1.165, 1.54) is 0 Å². The second kappa shape index (κ2) is 19.8. The van der Waals surface area contributed by atoms with E-state index in [1.807, 2.05) is 36.4 Å². The predicted octanol–water partition coefficient (Wildman–Crippen LogP) is 19.0. The van der Waals surface area contributed by atoms with Gasteiger partial charge in [0.2, 0.25) is 0 Å². The molecule has 0 unspecified atom stereocenters. The van der Waals surface area contributed by atoms with Crippen molar-refractivity contribution in [3.63, 3.8) is 0 Å². The summed E-state index contributed by atoms with van der Waals surface area (Å²) in [5.41, 5.74) is 24.6. The third-order valence-electron chi connectivity index (χ3n) is 14.2. The van der Waals surface area contributed by atoms with Crippen LogP contribution in [-0.2, 0) is 4.57 Å². The molecular formula is C66H63O4P. The molecule has 0 saturated heterocycles.